The summed E-state index contributed by atoms with van der Waals surface area (Å²) in [7, 11) is -2.98. The summed E-state index contributed by atoms with van der Waals surface area (Å²) in [5.74, 6) is 0.245. The lowest BCUT2D eigenvalue weighted by atomic mass is 10.1. The molecule has 2 aromatic rings. The number of carbonyl (C=O) groups excluding carboxylic acids is 1. The van der Waals surface area contributed by atoms with Crippen molar-refractivity contribution in [2.24, 2.45) is 0 Å². The minimum atomic E-state index is -2.98. The van der Waals surface area contributed by atoms with Gasteiger partial charge in [0.25, 0.3) is 0 Å². The number of fused-ring (bicyclic) bond motifs is 1. The van der Waals surface area contributed by atoms with Gasteiger partial charge in [0, 0.05) is 13.1 Å². The predicted octanol–water partition coefficient (Wildman–Crippen LogP) is 1.81. The Morgan fingerprint density at radius 3 is 2.48 bits per heavy atom. The van der Waals surface area contributed by atoms with Crippen LogP contribution in [-0.2, 0) is 27.7 Å². The molecule has 3 heterocycles. The number of amides is 1. The molecule has 1 fully saturated rings. The van der Waals surface area contributed by atoms with E-state index in [1.807, 2.05) is 26.0 Å². The molecule has 1 aromatic carbocycles. The number of hydrogen-bond donors (Lipinski definition) is 1. The quantitative estimate of drug-likeness (QED) is 0.864. The van der Waals surface area contributed by atoms with E-state index in [4.69, 9.17) is 0 Å². The average molecular weight is 388 g/mol. The molecule has 0 radical (unpaired) electrons. The largest absolute Gasteiger partial charge is 0.322 e. The Morgan fingerprint density at radius 2 is 1.89 bits per heavy atom. The highest BCUT2D eigenvalue weighted by Crippen LogP contribution is 2.29. The molecule has 2 aliphatic rings. The monoisotopic (exact) mass is 388 g/mol. The second-order valence-electron chi connectivity index (χ2n) is 7.51. The van der Waals surface area contributed by atoms with E-state index in [9.17, 15) is 13.2 Å². The minimum Gasteiger partial charge on any atom is -0.322 e. The molecule has 1 N–H and O–H groups in total. The third-order valence-electron chi connectivity index (χ3n) is 5.42. The summed E-state index contributed by atoms with van der Waals surface area (Å²) >= 11 is 0. The Hall–Kier alpha value is -2.19. The van der Waals surface area contributed by atoms with Gasteiger partial charge in [0.2, 0.25) is 5.91 Å². The molecule has 1 atom stereocenters. The van der Waals surface area contributed by atoms with Crippen LogP contribution in [0, 0.1) is 13.8 Å². The lowest BCUT2D eigenvalue weighted by Gasteiger charge is -2.15. The standard InChI is InChI=1S/C19H24N4O3S/c1-13-19(14(2)23(21-13)17-7-8-27(25,26)12-17)20-18(24)11-22-9-15-5-3-4-6-16(15)10-22/h3-6,17H,7-12H2,1-2H3,(H,20,24). The maximum atomic E-state index is 12.6. The number of aryl methyl sites for hydroxylation is 1. The maximum absolute atomic E-state index is 12.6. The highest BCUT2D eigenvalue weighted by atomic mass is 32.2. The molecular weight excluding hydrogens is 364 g/mol. The van der Waals surface area contributed by atoms with Gasteiger partial charge in [-0.1, -0.05) is 24.3 Å². The molecule has 1 saturated heterocycles. The zero-order chi connectivity index (χ0) is 19.2. The first-order valence-electron chi connectivity index (χ1n) is 9.17. The number of benzene rings is 1. The maximum Gasteiger partial charge on any atom is 0.238 e. The fourth-order valence-corrected chi connectivity index (χ4v) is 5.76. The van der Waals surface area contributed by atoms with Gasteiger partial charge >= 0.3 is 0 Å². The second kappa shape index (κ2) is 6.76. The van der Waals surface area contributed by atoms with Crippen molar-refractivity contribution in [1.29, 1.82) is 0 Å². The van der Waals surface area contributed by atoms with Crippen LogP contribution in [0.4, 0.5) is 5.69 Å². The van der Waals surface area contributed by atoms with Crippen LogP contribution in [-0.4, -0.2) is 47.1 Å². The van der Waals surface area contributed by atoms with E-state index in [1.165, 1.54) is 11.1 Å². The van der Waals surface area contributed by atoms with Gasteiger partial charge in [0.1, 0.15) is 0 Å². The lowest BCUT2D eigenvalue weighted by Crippen LogP contribution is -2.29. The average Bonchev–Trinajstić information content (AvgIpc) is 3.25. The molecule has 1 aromatic heterocycles. The predicted molar refractivity (Wildman–Crippen MR) is 103 cm³/mol. The highest BCUT2D eigenvalue weighted by molar-refractivity contribution is 7.91. The second-order valence-corrected chi connectivity index (χ2v) is 9.74. The van der Waals surface area contributed by atoms with E-state index >= 15 is 0 Å². The number of anilines is 1. The fourth-order valence-electron chi connectivity index (χ4n) is 4.07. The zero-order valence-electron chi connectivity index (χ0n) is 15.6. The highest BCUT2D eigenvalue weighted by Gasteiger charge is 2.32. The van der Waals surface area contributed by atoms with Crippen molar-refractivity contribution < 1.29 is 13.2 Å². The molecule has 0 aliphatic carbocycles. The number of sulfone groups is 1. The van der Waals surface area contributed by atoms with Crippen LogP contribution in [0.1, 0.15) is 35.0 Å². The number of carbonyl (C=O) groups is 1. The summed E-state index contributed by atoms with van der Waals surface area (Å²) in [6.07, 6.45) is 0.573. The van der Waals surface area contributed by atoms with Gasteiger partial charge in [-0.2, -0.15) is 5.10 Å². The number of nitrogens with one attached hydrogen (secondary N) is 1. The summed E-state index contributed by atoms with van der Waals surface area (Å²) < 4.78 is 25.3. The Bertz CT molecular complexity index is 971. The van der Waals surface area contributed by atoms with Crippen molar-refractivity contribution in [3.05, 3.63) is 46.8 Å². The van der Waals surface area contributed by atoms with E-state index < -0.39 is 9.84 Å². The Labute approximate surface area is 159 Å². The Kier molecular flexibility index (Phi) is 4.55. The molecule has 7 nitrogen and oxygen atoms in total. The van der Waals surface area contributed by atoms with Crippen molar-refractivity contribution in [3.8, 4) is 0 Å². The van der Waals surface area contributed by atoms with Gasteiger partial charge in [0.05, 0.1) is 41.2 Å². The van der Waals surface area contributed by atoms with Gasteiger partial charge in [-0.3, -0.25) is 14.4 Å². The molecule has 1 unspecified atom stereocenters. The third kappa shape index (κ3) is 3.64. The van der Waals surface area contributed by atoms with E-state index in [2.05, 4.69) is 27.4 Å². The van der Waals surface area contributed by atoms with Gasteiger partial charge in [-0.25, -0.2) is 8.42 Å². The first kappa shape index (κ1) is 18.2. The van der Waals surface area contributed by atoms with Crippen LogP contribution in [0.25, 0.3) is 0 Å². The Morgan fingerprint density at radius 1 is 1.22 bits per heavy atom. The SMILES string of the molecule is Cc1nn(C2CCS(=O)(=O)C2)c(C)c1NC(=O)CN1Cc2ccccc2C1. The lowest BCUT2D eigenvalue weighted by molar-refractivity contribution is -0.117. The minimum absolute atomic E-state index is 0.0763. The first-order valence-corrected chi connectivity index (χ1v) is 11.0. The zero-order valence-corrected chi connectivity index (χ0v) is 16.4. The van der Waals surface area contributed by atoms with Gasteiger partial charge < -0.3 is 5.32 Å². The van der Waals surface area contributed by atoms with Crippen LogP contribution in [0.15, 0.2) is 24.3 Å². The van der Waals surface area contributed by atoms with Crippen LogP contribution in [0.2, 0.25) is 0 Å². The molecule has 144 valence electrons. The molecular formula is C19H24N4O3S. The van der Waals surface area contributed by atoms with Crippen LogP contribution in [0.3, 0.4) is 0 Å². The van der Waals surface area contributed by atoms with E-state index in [0.717, 1.165) is 24.5 Å². The van der Waals surface area contributed by atoms with Crippen molar-refractivity contribution >= 4 is 21.4 Å². The number of nitrogens with zero attached hydrogens (tertiary/aromatic N) is 3. The first-order chi connectivity index (χ1) is 12.8. The van der Waals surface area contributed by atoms with Gasteiger partial charge in [-0.05, 0) is 31.4 Å². The number of rotatable bonds is 4. The van der Waals surface area contributed by atoms with Gasteiger partial charge in [-0.15, -0.1) is 0 Å². The summed E-state index contributed by atoms with van der Waals surface area (Å²) in [5.41, 5.74) is 4.77. The molecule has 0 spiro atoms. The molecule has 0 saturated carbocycles. The van der Waals surface area contributed by atoms with E-state index in [1.54, 1.807) is 4.68 Å². The Balaban J connectivity index is 1.43. The molecule has 27 heavy (non-hydrogen) atoms. The molecule has 2 aliphatic heterocycles. The molecule has 1 amide bonds. The summed E-state index contributed by atoms with van der Waals surface area (Å²) in [6.45, 7) is 5.60. The normalized spacial score (nSPS) is 21.3. The summed E-state index contributed by atoms with van der Waals surface area (Å²) in [4.78, 5) is 14.7. The number of hydrogen-bond acceptors (Lipinski definition) is 5. The number of aromatic nitrogens is 2. The summed E-state index contributed by atoms with van der Waals surface area (Å²) in [6, 6.07) is 8.09. The molecule has 4 rings (SSSR count). The van der Waals surface area contributed by atoms with Gasteiger partial charge in [0.15, 0.2) is 9.84 Å². The van der Waals surface area contributed by atoms with Crippen LogP contribution >= 0.6 is 0 Å². The van der Waals surface area contributed by atoms with Crippen molar-refractivity contribution in [2.75, 3.05) is 23.4 Å². The van der Waals surface area contributed by atoms with Crippen molar-refractivity contribution in [3.63, 3.8) is 0 Å². The van der Waals surface area contributed by atoms with E-state index in [-0.39, 0.29) is 23.5 Å². The van der Waals surface area contributed by atoms with E-state index in [0.29, 0.717) is 18.7 Å². The smallest absolute Gasteiger partial charge is 0.238 e. The van der Waals surface area contributed by atoms with Crippen molar-refractivity contribution in [2.45, 2.75) is 39.4 Å². The van der Waals surface area contributed by atoms with Crippen LogP contribution in [0.5, 0.6) is 0 Å². The fraction of sp³-hybridized carbons (Fsp3) is 0.474. The third-order valence-corrected chi connectivity index (χ3v) is 7.17. The van der Waals surface area contributed by atoms with Crippen LogP contribution < -0.4 is 5.32 Å². The molecule has 8 heteroatoms. The topological polar surface area (TPSA) is 84.3 Å². The molecule has 0 bridgehead atoms. The van der Waals surface area contributed by atoms with Crippen molar-refractivity contribution in [1.82, 2.24) is 14.7 Å². The summed E-state index contributed by atoms with van der Waals surface area (Å²) in [5, 5.41) is 7.48.